The predicted octanol–water partition coefficient (Wildman–Crippen LogP) is 0.437. The Morgan fingerprint density at radius 2 is 2.32 bits per heavy atom. The van der Waals surface area contributed by atoms with Gasteiger partial charge in [-0.25, -0.2) is 0 Å². The fourth-order valence-corrected chi connectivity index (χ4v) is 2.27. The van der Waals surface area contributed by atoms with E-state index in [4.69, 9.17) is 5.11 Å². The van der Waals surface area contributed by atoms with Crippen LogP contribution in [0.4, 0.5) is 5.00 Å². The number of thiophene rings is 1. The molecule has 0 saturated carbocycles. The summed E-state index contributed by atoms with van der Waals surface area (Å²) in [4.78, 5) is 24.5. The van der Waals surface area contributed by atoms with Gasteiger partial charge in [-0.1, -0.05) is 0 Å². The van der Waals surface area contributed by atoms with Crippen LogP contribution in [0.5, 0.6) is 0 Å². The molecule has 0 aromatic carbocycles. The monoisotopic (exact) mass is 284 g/mol. The molecule has 104 valence electrons. The highest BCUT2D eigenvalue weighted by molar-refractivity contribution is 7.16. The number of rotatable bonds is 7. The third-order valence-electron chi connectivity index (χ3n) is 2.32. The minimum absolute atomic E-state index is 0.0595. The van der Waals surface area contributed by atoms with E-state index in [1.807, 2.05) is 24.1 Å². The summed E-state index contributed by atoms with van der Waals surface area (Å²) < 4.78 is 4.64. The van der Waals surface area contributed by atoms with Gasteiger partial charge in [0, 0.05) is 31.6 Å². The summed E-state index contributed by atoms with van der Waals surface area (Å²) in [6, 6.07) is 3.68. The molecule has 1 aromatic heterocycles. The van der Waals surface area contributed by atoms with Gasteiger partial charge in [0.1, 0.15) is 0 Å². The van der Waals surface area contributed by atoms with Gasteiger partial charge in [-0.15, -0.1) is 11.3 Å². The zero-order chi connectivity index (χ0) is 14.3. The van der Waals surface area contributed by atoms with Crippen molar-refractivity contribution in [1.29, 1.82) is 0 Å². The van der Waals surface area contributed by atoms with Crippen LogP contribution in [0.3, 0.4) is 0 Å². The smallest absolute Gasteiger partial charge is 0.298 e. The Morgan fingerprint density at radius 1 is 1.58 bits per heavy atom. The van der Waals surface area contributed by atoms with Gasteiger partial charge in [0.05, 0.1) is 11.6 Å². The number of amides is 1. The minimum atomic E-state index is -0.467. The number of carbonyl (C=O) groups is 2. The first-order chi connectivity index (χ1) is 9.12. The van der Waals surface area contributed by atoms with Crippen molar-refractivity contribution in [3.05, 3.63) is 22.8 Å². The number of anilines is 1. The van der Waals surface area contributed by atoms with Crippen LogP contribution in [0.2, 0.25) is 0 Å². The van der Waals surface area contributed by atoms with E-state index in [1.54, 1.807) is 0 Å². The molecule has 1 rings (SSSR count). The molecule has 6 nitrogen and oxygen atoms in total. The Morgan fingerprint density at radius 3 is 2.89 bits per heavy atom. The predicted molar refractivity (Wildman–Crippen MR) is 73.9 cm³/mol. The Labute approximate surface area is 115 Å². The van der Waals surface area contributed by atoms with Gasteiger partial charge in [-0.2, -0.15) is 0 Å². The lowest BCUT2D eigenvalue weighted by Gasteiger charge is -2.14. The van der Waals surface area contributed by atoms with Crippen LogP contribution in [-0.2, 0) is 14.3 Å². The molecule has 1 aromatic rings. The van der Waals surface area contributed by atoms with Gasteiger partial charge >= 0.3 is 0 Å². The molecule has 1 heterocycles. The van der Waals surface area contributed by atoms with Crippen molar-refractivity contribution in [2.45, 2.75) is 0 Å². The molecule has 0 radical (unpaired) electrons. The molecule has 0 unspecified atom stereocenters. The van der Waals surface area contributed by atoms with Crippen molar-refractivity contribution in [2.24, 2.45) is 0 Å². The molecule has 1 amide bonds. The lowest BCUT2D eigenvalue weighted by atomic mass is 10.3. The topological polar surface area (TPSA) is 78.9 Å². The molecule has 0 aliphatic carbocycles. The van der Waals surface area contributed by atoms with Crippen molar-refractivity contribution in [2.75, 3.05) is 32.1 Å². The first-order valence-corrected chi connectivity index (χ1v) is 6.40. The number of aliphatic hydroxyl groups excluding tert-OH is 1. The van der Waals surface area contributed by atoms with Crippen molar-refractivity contribution in [3.63, 3.8) is 0 Å². The van der Waals surface area contributed by atoms with E-state index in [9.17, 15) is 9.59 Å². The Bertz CT molecular complexity index is 470. The van der Waals surface area contributed by atoms with E-state index < -0.39 is 5.91 Å². The number of ether oxygens (including phenoxy) is 1. The molecule has 2 N–H and O–H groups in total. The average molecular weight is 284 g/mol. The molecule has 0 aliphatic rings. The van der Waals surface area contributed by atoms with Crippen LogP contribution < -0.4 is 10.2 Å². The van der Waals surface area contributed by atoms with Crippen LogP contribution in [0.1, 0.15) is 4.88 Å². The van der Waals surface area contributed by atoms with Crippen LogP contribution in [0, 0.1) is 0 Å². The van der Waals surface area contributed by atoms with Crippen LogP contribution >= 0.6 is 11.3 Å². The second kappa shape index (κ2) is 7.55. The normalized spacial score (nSPS) is 11.0. The summed E-state index contributed by atoms with van der Waals surface area (Å²) >= 11 is 1.43. The highest BCUT2D eigenvalue weighted by Gasteiger charge is 2.10. The van der Waals surface area contributed by atoms with Crippen LogP contribution in [0.15, 0.2) is 17.9 Å². The molecular formula is C12H16N2O4S. The summed E-state index contributed by atoms with van der Waals surface area (Å²) in [6.45, 7) is 0.807. The first kappa shape index (κ1) is 15.2. The number of nitrogens with zero attached hydrogens (tertiary/aromatic N) is 1. The molecule has 19 heavy (non-hydrogen) atoms. The fraction of sp³-hybridized carbons (Fsp3) is 0.333. The van der Waals surface area contributed by atoms with E-state index >= 15 is 0 Å². The van der Waals surface area contributed by atoms with Crippen LogP contribution in [-0.4, -0.2) is 44.7 Å². The van der Waals surface area contributed by atoms with Gasteiger partial charge in [-0.05, 0) is 12.1 Å². The summed E-state index contributed by atoms with van der Waals surface area (Å²) in [6.07, 6.45) is 1.49. The molecule has 0 saturated heterocycles. The number of hydrogen-bond donors (Lipinski definition) is 2. The Kier molecular flexibility index (Phi) is 6.04. The van der Waals surface area contributed by atoms with E-state index in [-0.39, 0.29) is 18.8 Å². The van der Waals surface area contributed by atoms with E-state index in [2.05, 4.69) is 10.1 Å². The number of likely N-dealkylation sites (N-methyl/N-ethyl adjacent to an activating group) is 2. The lowest BCUT2D eigenvalue weighted by Crippen LogP contribution is -2.21. The Balaban J connectivity index is 2.89. The average Bonchev–Trinajstić information content (AvgIpc) is 2.86. The molecular weight excluding hydrogens is 268 g/mol. The first-order valence-electron chi connectivity index (χ1n) is 5.58. The van der Waals surface area contributed by atoms with E-state index in [0.717, 1.165) is 9.88 Å². The lowest BCUT2D eigenvalue weighted by molar-refractivity contribution is -0.131. The maximum Gasteiger partial charge on any atom is 0.298 e. The number of hydrogen-bond acceptors (Lipinski definition) is 6. The third kappa shape index (κ3) is 4.38. The maximum absolute atomic E-state index is 11.4. The van der Waals surface area contributed by atoms with Crippen molar-refractivity contribution >= 4 is 34.8 Å². The molecule has 0 spiro atoms. The van der Waals surface area contributed by atoms with Crippen LogP contribution in [0.25, 0.3) is 6.08 Å². The standard InChI is InChI=1S/C12H16N2O4S/c1-13-12(17)10(18-8-16)7-9-3-4-11(19-9)14(2)5-6-15/h3-4,7-8,15H,5-6H2,1-2H3,(H,13,17)/b10-7-. The summed E-state index contributed by atoms with van der Waals surface area (Å²) in [5, 5.41) is 12.2. The van der Waals surface area contributed by atoms with Gasteiger partial charge in [0.15, 0.2) is 5.76 Å². The van der Waals surface area contributed by atoms with Crippen molar-refractivity contribution in [1.82, 2.24) is 5.32 Å². The van der Waals surface area contributed by atoms with Gasteiger partial charge in [0.2, 0.25) is 0 Å². The zero-order valence-corrected chi connectivity index (χ0v) is 11.6. The molecule has 0 fully saturated rings. The highest BCUT2D eigenvalue weighted by atomic mass is 32.1. The summed E-state index contributed by atoms with van der Waals surface area (Å²) in [5.74, 6) is -0.526. The largest absolute Gasteiger partial charge is 0.423 e. The molecule has 0 aliphatic heterocycles. The maximum atomic E-state index is 11.4. The molecule has 0 atom stereocenters. The second-order valence-electron chi connectivity index (χ2n) is 3.62. The third-order valence-corrected chi connectivity index (χ3v) is 3.47. The Hall–Kier alpha value is -1.86. The number of carbonyl (C=O) groups excluding carboxylic acids is 2. The number of aliphatic hydroxyl groups is 1. The summed E-state index contributed by atoms with van der Waals surface area (Å²) in [5.41, 5.74) is 0. The van der Waals surface area contributed by atoms with Crippen molar-refractivity contribution < 1.29 is 19.4 Å². The van der Waals surface area contributed by atoms with Gasteiger partial charge in [-0.3, -0.25) is 9.59 Å². The zero-order valence-electron chi connectivity index (χ0n) is 10.8. The highest BCUT2D eigenvalue weighted by Crippen LogP contribution is 2.26. The van der Waals surface area contributed by atoms with E-state index in [0.29, 0.717) is 6.54 Å². The minimum Gasteiger partial charge on any atom is -0.423 e. The van der Waals surface area contributed by atoms with E-state index in [1.165, 1.54) is 24.5 Å². The van der Waals surface area contributed by atoms with Crippen molar-refractivity contribution in [3.8, 4) is 0 Å². The summed E-state index contributed by atoms with van der Waals surface area (Å²) in [7, 11) is 3.32. The van der Waals surface area contributed by atoms with Gasteiger partial charge < -0.3 is 20.1 Å². The SMILES string of the molecule is CNC(=O)/C(=C/c1ccc(N(C)CCO)s1)OC=O. The number of nitrogens with one attached hydrogen (secondary N) is 1. The quantitative estimate of drug-likeness (QED) is 0.431. The van der Waals surface area contributed by atoms with Gasteiger partial charge in [0.25, 0.3) is 12.4 Å². The molecule has 0 bridgehead atoms. The second-order valence-corrected chi connectivity index (χ2v) is 4.72. The molecule has 7 heteroatoms. The fourth-order valence-electron chi connectivity index (χ4n) is 1.34.